The number of rotatable bonds is 7. The first-order valence-corrected chi connectivity index (χ1v) is 11.5. The fourth-order valence-electron chi connectivity index (χ4n) is 4.55. The Morgan fingerprint density at radius 2 is 1.73 bits per heavy atom. The van der Waals surface area contributed by atoms with Gasteiger partial charge >= 0.3 is 0 Å². The normalized spacial score (nSPS) is 17.3. The van der Waals surface area contributed by atoms with Gasteiger partial charge < -0.3 is 19.3 Å². The molecule has 1 unspecified atom stereocenters. The highest BCUT2D eigenvalue weighted by Gasteiger charge is 2.30. The minimum Gasteiger partial charge on any atom is -0.454 e. The van der Waals surface area contributed by atoms with Crippen LogP contribution < -0.4 is 14.4 Å². The summed E-state index contributed by atoms with van der Waals surface area (Å²) in [6.07, 6.45) is 0. The van der Waals surface area contributed by atoms with E-state index in [0.29, 0.717) is 6.54 Å². The predicted octanol–water partition coefficient (Wildman–Crippen LogP) is 2.24. The molecule has 174 valence electrons. The van der Waals surface area contributed by atoms with Crippen LogP contribution in [0.15, 0.2) is 42.5 Å². The molecule has 2 aromatic carbocycles. The lowest BCUT2D eigenvalue weighted by Gasteiger charge is -2.38. The highest BCUT2D eigenvalue weighted by Crippen LogP contribution is 2.33. The highest BCUT2D eigenvalue weighted by atomic mass is 16.7. The number of fused-ring (bicyclic) bond motifs is 1. The van der Waals surface area contributed by atoms with E-state index < -0.39 is 0 Å². The van der Waals surface area contributed by atoms with Crippen LogP contribution in [-0.2, 0) is 6.54 Å². The topological polar surface area (TPSA) is 71.8 Å². The Balaban J connectivity index is 1.46. The van der Waals surface area contributed by atoms with Gasteiger partial charge in [-0.3, -0.25) is 4.90 Å². The van der Waals surface area contributed by atoms with Gasteiger partial charge in [-0.1, -0.05) is 25.1 Å². The van der Waals surface area contributed by atoms with E-state index in [1.54, 1.807) is 0 Å². The zero-order valence-corrected chi connectivity index (χ0v) is 19.5. The number of hydrogen-bond acceptors (Lipinski definition) is 8. The van der Waals surface area contributed by atoms with Gasteiger partial charge in [0.25, 0.3) is 0 Å². The molecule has 0 N–H and O–H groups in total. The molecule has 1 aromatic heterocycles. The summed E-state index contributed by atoms with van der Waals surface area (Å²) in [7, 11) is 4.12. The van der Waals surface area contributed by atoms with Crippen molar-refractivity contribution < 1.29 is 9.47 Å². The summed E-state index contributed by atoms with van der Waals surface area (Å²) < 4.78 is 12.9. The van der Waals surface area contributed by atoms with E-state index in [1.165, 1.54) is 11.3 Å². The first-order valence-electron chi connectivity index (χ1n) is 11.5. The number of hydrogen-bond donors (Lipinski definition) is 0. The van der Waals surface area contributed by atoms with Gasteiger partial charge in [-0.15, -0.1) is 5.10 Å². The fourth-order valence-corrected chi connectivity index (χ4v) is 4.55. The van der Waals surface area contributed by atoms with Crippen molar-refractivity contribution in [1.82, 2.24) is 30.0 Å². The van der Waals surface area contributed by atoms with E-state index in [2.05, 4.69) is 75.5 Å². The van der Waals surface area contributed by atoms with Crippen molar-refractivity contribution in [3.8, 4) is 11.5 Å². The van der Waals surface area contributed by atoms with Crippen LogP contribution in [0.3, 0.4) is 0 Å². The van der Waals surface area contributed by atoms with Crippen molar-refractivity contribution in [3.05, 3.63) is 59.4 Å². The second-order valence-corrected chi connectivity index (χ2v) is 8.74. The van der Waals surface area contributed by atoms with Gasteiger partial charge in [0.15, 0.2) is 17.3 Å². The molecule has 3 heterocycles. The van der Waals surface area contributed by atoms with E-state index in [0.717, 1.165) is 55.6 Å². The van der Waals surface area contributed by atoms with Gasteiger partial charge in [0.1, 0.15) is 0 Å². The number of benzene rings is 2. The average molecular weight is 450 g/mol. The molecule has 0 saturated carbocycles. The van der Waals surface area contributed by atoms with Gasteiger partial charge in [0, 0.05) is 46.0 Å². The summed E-state index contributed by atoms with van der Waals surface area (Å²) in [5.74, 6) is 2.41. The Morgan fingerprint density at radius 1 is 0.970 bits per heavy atom. The van der Waals surface area contributed by atoms with E-state index >= 15 is 0 Å². The monoisotopic (exact) mass is 449 g/mol. The number of ether oxygens (including phenoxy) is 2. The molecule has 5 rings (SSSR count). The van der Waals surface area contributed by atoms with Gasteiger partial charge in [0.05, 0.1) is 12.6 Å². The fraction of sp³-hybridized carbons (Fsp3) is 0.458. The van der Waals surface area contributed by atoms with Gasteiger partial charge in [0.2, 0.25) is 6.79 Å². The maximum Gasteiger partial charge on any atom is 0.231 e. The third-order valence-corrected chi connectivity index (χ3v) is 6.52. The molecule has 9 heteroatoms. The summed E-state index contributed by atoms with van der Waals surface area (Å²) in [4.78, 5) is 7.10. The first kappa shape index (κ1) is 21.7. The third-order valence-electron chi connectivity index (χ3n) is 6.52. The van der Waals surface area contributed by atoms with Crippen LogP contribution in [0, 0.1) is 0 Å². The molecular formula is C24H31N7O2. The third kappa shape index (κ3) is 4.51. The molecule has 1 atom stereocenters. The standard InChI is InChI=1S/C24H31N7O2/c1-4-29-11-13-30(14-12-29)23(19-6-8-20(9-7-19)28(2)3)24-25-26-27-31(24)16-18-5-10-21-22(15-18)33-17-32-21/h5-10,15,23H,4,11-14,16-17H2,1-3H3. The number of anilines is 1. The number of likely N-dealkylation sites (N-methyl/N-ethyl adjacent to an activating group) is 1. The largest absolute Gasteiger partial charge is 0.454 e. The number of tetrazole rings is 1. The van der Waals surface area contributed by atoms with Crippen LogP contribution in [0.1, 0.15) is 29.9 Å². The van der Waals surface area contributed by atoms with Crippen molar-refractivity contribution >= 4 is 5.69 Å². The van der Waals surface area contributed by atoms with Crippen molar-refractivity contribution in [2.75, 3.05) is 58.5 Å². The summed E-state index contributed by atoms with van der Waals surface area (Å²) in [6, 6.07) is 14.7. The zero-order chi connectivity index (χ0) is 22.8. The minimum absolute atomic E-state index is 0.00997. The van der Waals surface area contributed by atoms with Crippen LogP contribution in [0.5, 0.6) is 11.5 Å². The molecule has 0 spiro atoms. The Hall–Kier alpha value is -3.17. The zero-order valence-electron chi connectivity index (χ0n) is 19.5. The quantitative estimate of drug-likeness (QED) is 0.544. The molecule has 0 bridgehead atoms. The van der Waals surface area contributed by atoms with Crippen LogP contribution in [0.25, 0.3) is 0 Å². The SMILES string of the molecule is CCN1CCN(C(c2ccc(N(C)C)cc2)c2nnnn2Cc2ccc3c(c2)OCO3)CC1. The van der Waals surface area contributed by atoms with Crippen molar-refractivity contribution in [2.45, 2.75) is 19.5 Å². The molecule has 9 nitrogen and oxygen atoms in total. The van der Waals surface area contributed by atoms with Crippen molar-refractivity contribution in [1.29, 1.82) is 0 Å². The molecule has 0 aliphatic carbocycles. The van der Waals surface area contributed by atoms with Crippen molar-refractivity contribution in [3.63, 3.8) is 0 Å². The Morgan fingerprint density at radius 3 is 2.45 bits per heavy atom. The molecule has 0 radical (unpaired) electrons. The van der Waals surface area contributed by atoms with Gasteiger partial charge in [-0.2, -0.15) is 0 Å². The predicted molar refractivity (Wildman–Crippen MR) is 126 cm³/mol. The lowest BCUT2D eigenvalue weighted by Crippen LogP contribution is -2.48. The molecule has 2 aliphatic heterocycles. The van der Waals surface area contributed by atoms with Crippen LogP contribution in [-0.4, -0.2) is 83.6 Å². The van der Waals surface area contributed by atoms with Gasteiger partial charge in [-0.05, 0) is 52.4 Å². The number of nitrogens with zero attached hydrogens (tertiary/aromatic N) is 7. The second kappa shape index (κ2) is 9.36. The molecule has 1 fully saturated rings. The molecule has 0 amide bonds. The summed E-state index contributed by atoms with van der Waals surface area (Å²) in [6.45, 7) is 8.19. The van der Waals surface area contributed by atoms with E-state index in [1.807, 2.05) is 22.9 Å². The highest BCUT2D eigenvalue weighted by molar-refractivity contribution is 5.47. The average Bonchev–Trinajstić information content (AvgIpc) is 3.49. The lowest BCUT2D eigenvalue weighted by atomic mass is 10.0. The first-order chi connectivity index (χ1) is 16.1. The van der Waals surface area contributed by atoms with Crippen molar-refractivity contribution in [2.24, 2.45) is 0 Å². The number of piperazine rings is 1. The summed E-state index contributed by atoms with van der Waals surface area (Å²) >= 11 is 0. The Labute approximate surface area is 194 Å². The molecule has 33 heavy (non-hydrogen) atoms. The molecule has 3 aromatic rings. The smallest absolute Gasteiger partial charge is 0.231 e. The molecular weight excluding hydrogens is 418 g/mol. The number of aromatic nitrogens is 4. The Bertz CT molecular complexity index is 1070. The van der Waals surface area contributed by atoms with E-state index in [-0.39, 0.29) is 12.8 Å². The van der Waals surface area contributed by atoms with Crippen LogP contribution >= 0.6 is 0 Å². The van der Waals surface area contributed by atoms with E-state index in [9.17, 15) is 0 Å². The molecule has 2 aliphatic rings. The lowest BCUT2D eigenvalue weighted by molar-refractivity contribution is 0.108. The Kier molecular flexibility index (Phi) is 6.15. The second-order valence-electron chi connectivity index (χ2n) is 8.74. The van der Waals surface area contributed by atoms with Gasteiger partial charge in [-0.25, -0.2) is 4.68 Å². The summed E-state index contributed by atoms with van der Waals surface area (Å²) in [5, 5.41) is 12.9. The van der Waals surface area contributed by atoms with Crippen LogP contribution in [0.4, 0.5) is 5.69 Å². The minimum atomic E-state index is -0.00997. The maximum absolute atomic E-state index is 5.55. The van der Waals surface area contributed by atoms with Crippen LogP contribution in [0.2, 0.25) is 0 Å². The van der Waals surface area contributed by atoms with E-state index in [4.69, 9.17) is 9.47 Å². The maximum atomic E-state index is 5.55. The molecule has 1 saturated heterocycles. The summed E-state index contributed by atoms with van der Waals surface area (Å²) in [5.41, 5.74) is 3.45.